The lowest BCUT2D eigenvalue weighted by Gasteiger charge is -2.08. The summed E-state index contributed by atoms with van der Waals surface area (Å²) in [6.07, 6.45) is 1.69. The molecule has 0 N–H and O–H groups in total. The Bertz CT molecular complexity index is 520. The minimum atomic E-state index is 0.0452. The molecule has 0 aliphatic heterocycles. The number of aryl methyl sites for hydroxylation is 2. The van der Waals surface area contributed by atoms with Gasteiger partial charge in [-0.25, -0.2) is 9.97 Å². The quantitative estimate of drug-likeness (QED) is 0.803. The predicted octanol–water partition coefficient (Wildman–Crippen LogP) is 1.46. The van der Waals surface area contributed by atoms with Crippen molar-refractivity contribution in [3.05, 3.63) is 23.9 Å². The van der Waals surface area contributed by atoms with Crippen LogP contribution in [0, 0.1) is 13.8 Å². The van der Waals surface area contributed by atoms with E-state index >= 15 is 0 Å². The van der Waals surface area contributed by atoms with E-state index in [-0.39, 0.29) is 6.10 Å². The van der Waals surface area contributed by atoms with Gasteiger partial charge < -0.3 is 4.74 Å². The number of aromatic nitrogens is 5. The van der Waals surface area contributed by atoms with Crippen molar-refractivity contribution in [3.63, 3.8) is 0 Å². The van der Waals surface area contributed by atoms with Crippen LogP contribution in [0.25, 0.3) is 5.82 Å². The second-order valence-corrected chi connectivity index (χ2v) is 3.98. The van der Waals surface area contributed by atoms with Crippen LogP contribution in [0.5, 0.6) is 6.01 Å². The Morgan fingerprint density at radius 1 is 1.24 bits per heavy atom. The average Bonchev–Trinajstić information content (AvgIpc) is 2.57. The van der Waals surface area contributed by atoms with Crippen LogP contribution in [-0.2, 0) is 0 Å². The summed E-state index contributed by atoms with van der Waals surface area (Å²) in [5.74, 6) is 2.16. The first-order chi connectivity index (χ1) is 8.06. The molecule has 0 atom stereocenters. The molecule has 2 rings (SSSR count). The van der Waals surface area contributed by atoms with E-state index in [4.69, 9.17) is 4.74 Å². The summed E-state index contributed by atoms with van der Waals surface area (Å²) in [6.45, 7) is 7.59. The SMILES string of the molecule is Cc1nc(C)n(-c2ccnc(OC(C)C)n2)n1. The monoisotopic (exact) mass is 233 g/mol. The summed E-state index contributed by atoms with van der Waals surface area (Å²) in [5.41, 5.74) is 0. The number of hydrogen-bond donors (Lipinski definition) is 0. The first-order valence-electron chi connectivity index (χ1n) is 5.46. The molecule has 6 nitrogen and oxygen atoms in total. The fraction of sp³-hybridized carbons (Fsp3) is 0.455. The van der Waals surface area contributed by atoms with Gasteiger partial charge in [0.15, 0.2) is 5.82 Å². The van der Waals surface area contributed by atoms with Crippen LogP contribution in [0.3, 0.4) is 0 Å². The second kappa shape index (κ2) is 4.48. The summed E-state index contributed by atoms with van der Waals surface area (Å²) in [7, 11) is 0. The van der Waals surface area contributed by atoms with Gasteiger partial charge in [-0.1, -0.05) is 0 Å². The molecule has 2 aromatic heterocycles. The van der Waals surface area contributed by atoms with Crippen LogP contribution < -0.4 is 4.74 Å². The van der Waals surface area contributed by atoms with E-state index in [1.165, 1.54) is 0 Å². The van der Waals surface area contributed by atoms with Crippen LogP contribution in [0.1, 0.15) is 25.5 Å². The number of rotatable bonds is 3. The van der Waals surface area contributed by atoms with Crippen molar-refractivity contribution in [2.24, 2.45) is 0 Å². The van der Waals surface area contributed by atoms with Gasteiger partial charge in [0.25, 0.3) is 0 Å². The highest BCUT2D eigenvalue weighted by Gasteiger charge is 2.08. The van der Waals surface area contributed by atoms with Gasteiger partial charge in [0.2, 0.25) is 0 Å². The van der Waals surface area contributed by atoms with Gasteiger partial charge in [0.1, 0.15) is 11.6 Å². The third kappa shape index (κ3) is 2.58. The van der Waals surface area contributed by atoms with Crippen LogP contribution in [0.15, 0.2) is 12.3 Å². The fourth-order valence-corrected chi connectivity index (χ4v) is 1.46. The molecular weight excluding hydrogens is 218 g/mol. The lowest BCUT2D eigenvalue weighted by molar-refractivity contribution is 0.222. The molecule has 0 fully saturated rings. The van der Waals surface area contributed by atoms with Gasteiger partial charge in [0, 0.05) is 12.3 Å². The van der Waals surface area contributed by atoms with Crippen molar-refractivity contribution < 1.29 is 4.74 Å². The van der Waals surface area contributed by atoms with Gasteiger partial charge in [-0.05, 0) is 27.7 Å². The zero-order valence-electron chi connectivity index (χ0n) is 10.4. The van der Waals surface area contributed by atoms with E-state index in [9.17, 15) is 0 Å². The van der Waals surface area contributed by atoms with Crippen molar-refractivity contribution in [3.8, 4) is 11.8 Å². The van der Waals surface area contributed by atoms with E-state index in [1.54, 1.807) is 16.9 Å². The largest absolute Gasteiger partial charge is 0.461 e. The van der Waals surface area contributed by atoms with Gasteiger partial charge in [-0.3, -0.25) is 0 Å². The maximum atomic E-state index is 5.44. The van der Waals surface area contributed by atoms with Gasteiger partial charge in [-0.15, -0.1) is 5.10 Å². The van der Waals surface area contributed by atoms with Gasteiger partial charge >= 0.3 is 6.01 Å². The highest BCUT2D eigenvalue weighted by atomic mass is 16.5. The van der Waals surface area contributed by atoms with Crippen LogP contribution in [0.2, 0.25) is 0 Å². The topological polar surface area (TPSA) is 65.7 Å². The second-order valence-electron chi connectivity index (χ2n) is 3.98. The minimum Gasteiger partial charge on any atom is -0.461 e. The normalized spacial score (nSPS) is 10.9. The predicted molar refractivity (Wildman–Crippen MR) is 62.2 cm³/mol. The zero-order chi connectivity index (χ0) is 12.4. The molecule has 0 radical (unpaired) electrons. The summed E-state index contributed by atoms with van der Waals surface area (Å²) in [4.78, 5) is 12.6. The average molecular weight is 233 g/mol. The highest BCUT2D eigenvalue weighted by molar-refractivity contribution is 5.22. The summed E-state index contributed by atoms with van der Waals surface area (Å²) < 4.78 is 7.11. The Morgan fingerprint density at radius 2 is 2.00 bits per heavy atom. The van der Waals surface area contributed by atoms with E-state index in [0.717, 1.165) is 5.82 Å². The van der Waals surface area contributed by atoms with E-state index in [0.29, 0.717) is 17.7 Å². The van der Waals surface area contributed by atoms with Crippen LogP contribution in [0.4, 0.5) is 0 Å². The third-order valence-corrected chi connectivity index (χ3v) is 2.05. The van der Waals surface area contributed by atoms with Crippen molar-refractivity contribution in [1.29, 1.82) is 0 Å². The van der Waals surface area contributed by atoms with E-state index in [1.807, 2.05) is 27.7 Å². The Balaban J connectivity index is 2.36. The molecule has 0 spiro atoms. The van der Waals surface area contributed by atoms with Crippen molar-refractivity contribution in [2.45, 2.75) is 33.8 Å². The van der Waals surface area contributed by atoms with Crippen molar-refractivity contribution in [2.75, 3.05) is 0 Å². The van der Waals surface area contributed by atoms with Crippen molar-refractivity contribution >= 4 is 0 Å². The highest BCUT2D eigenvalue weighted by Crippen LogP contribution is 2.10. The Labute approximate surface area is 99.7 Å². The maximum Gasteiger partial charge on any atom is 0.318 e. The molecule has 17 heavy (non-hydrogen) atoms. The standard InChI is InChI=1S/C11H15N5O/c1-7(2)17-11-12-6-5-10(14-11)16-9(4)13-8(3)15-16/h5-7H,1-4H3. The van der Waals surface area contributed by atoms with Gasteiger partial charge in [-0.2, -0.15) is 9.67 Å². The van der Waals surface area contributed by atoms with Gasteiger partial charge in [0.05, 0.1) is 6.10 Å². The Morgan fingerprint density at radius 3 is 2.59 bits per heavy atom. The number of nitrogens with zero attached hydrogens (tertiary/aromatic N) is 5. The molecule has 0 aliphatic rings. The number of ether oxygens (including phenoxy) is 1. The lowest BCUT2D eigenvalue weighted by Crippen LogP contribution is -2.10. The first kappa shape index (κ1) is 11.5. The molecule has 0 amide bonds. The molecule has 6 heteroatoms. The Hall–Kier alpha value is -1.98. The number of hydrogen-bond acceptors (Lipinski definition) is 5. The zero-order valence-corrected chi connectivity index (χ0v) is 10.4. The maximum absolute atomic E-state index is 5.44. The summed E-state index contributed by atoms with van der Waals surface area (Å²) in [5, 5.41) is 4.26. The molecule has 0 aliphatic carbocycles. The molecule has 0 saturated heterocycles. The lowest BCUT2D eigenvalue weighted by atomic mass is 10.5. The molecular formula is C11H15N5O. The molecule has 0 saturated carbocycles. The van der Waals surface area contributed by atoms with Crippen molar-refractivity contribution in [1.82, 2.24) is 24.7 Å². The smallest absolute Gasteiger partial charge is 0.318 e. The summed E-state index contributed by atoms with van der Waals surface area (Å²) >= 11 is 0. The van der Waals surface area contributed by atoms with Crippen LogP contribution in [-0.4, -0.2) is 30.8 Å². The van der Waals surface area contributed by atoms with E-state index < -0.39 is 0 Å². The molecule has 0 bridgehead atoms. The third-order valence-electron chi connectivity index (χ3n) is 2.05. The molecule has 2 aromatic rings. The Kier molecular flexibility index (Phi) is 3.03. The molecule has 2 heterocycles. The fourth-order valence-electron chi connectivity index (χ4n) is 1.46. The molecule has 0 aromatic carbocycles. The first-order valence-corrected chi connectivity index (χ1v) is 5.46. The van der Waals surface area contributed by atoms with E-state index in [2.05, 4.69) is 20.1 Å². The van der Waals surface area contributed by atoms with Crippen LogP contribution >= 0.6 is 0 Å². The summed E-state index contributed by atoms with van der Waals surface area (Å²) in [6, 6.07) is 2.12. The minimum absolute atomic E-state index is 0.0452. The molecule has 0 unspecified atom stereocenters. The molecule has 90 valence electrons.